The molecular weight excluding hydrogens is 344 g/mol. The fraction of sp³-hybridized carbons (Fsp3) is 0.300. The molecule has 144 valence electrons. The number of nitrogens with zero attached hydrogens (tertiary/aromatic N) is 1. The molecule has 2 aromatic rings. The van der Waals surface area contributed by atoms with Crippen LogP contribution in [-0.4, -0.2) is 39.2 Å². The van der Waals surface area contributed by atoms with E-state index in [1.165, 1.54) is 0 Å². The van der Waals surface area contributed by atoms with E-state index >= 15 is 0 Å². The number of nitrogens with one attached hydrogen (secondary N) is 3. The molecule has 0 aliphatic heterocycles. The van der Waals surface area contributed by atoms with Crippen LogP contribution >= 0.6 is 0 Å². The van der Waals surface area contributed by atoms with Crippen LogP contribution in [0.1, 0.15) is 12.5 Å². The van der Waals surface area contributed by atoms with E-state index in [-0.39, 0.29) is 12.5 Å². The Hall–Kier alpha value is -3.22. The van der Waals surface area contributed by atoms with Gasteiger partial charge < -0.3 is 25.4 Å². The van der Waals surface area contributed by atoms with Crippen molar-refractivity contribution < 1.29 is 14.3 Å². The van der Waals surface area contributed by atoms with E-state index in [2.05, 4.69) is 20.9 Å². The maximum Gasteiger partial charge on any atom is 0.243 e. The van der Waals surface area contributed by atoms with Gasteiger partial charge in [0.25, 0.3) is 0 Å². The number of para-hydroxylation sites is 1. The van der Waals surface area contributed by atoms with Gasteiger partial charge in [0.1, 0.15) is 11.5 Å². The van der Waals surface area contributed by atoms with Crippen LogP contribution in [-0.2, 0) is 11.3 Å². The lowest BCUT2D eigenvalue weighted by Gasteiger charge is -2.13. The molecule has 0 unspecified atom stereocenters. The van der Waals surface area contributed by atoms with E-state index in [0.717, 1.165) is 17.0 Å². The molecule has 0 fully saturated rings. The molecule has 2 rings (SSSR count). The first-order chi connectivity index (χ1) is 13.2. The van der Waals surface area contributed by atoms with Gasteiger partial charge in [-0.25, -0.2) is 4.99 Å². The van der Waals surface area contributed by atoms with Gasteiger partial charge in [-0.1, -0.05) is 18.2 Å². The Morgan fingerprint density at radius 2 is 1.81 bits per heavy atom. The van der Waals surface area contributed by atoms with E-state index in [9.17, 15) is 4.79 Å². The van der Waals surface area contributed by atoms with Crippen LogP contribution in [0.25, 0.3) is 0 Å². The van der Waals surface area contributed by atoms with Crippen LogP contribution in [0.5, 0.6) is 11.5 Å². The number of hydrogen-bond acceptors (Lipinski definition) is 4. The summed E-state index contributed by atoms with van der Waals surface area (Å²) < 4.78 is 10.6. The van der Waals surface area contributed by atoms with E-state index < -0.39 is 0 Å². The number of benzene rings is 2. The molecule has 7 nitrogen and oxygen atoms in total. The van der Waals surface area contributed by atoms with Crippen molar-refractivity contribution in [2.45, 2.75) is 13.5 Å². The summed E-state index contributed by atoms with van der Waals surface area (Å²) in [5.41, 5.74) is 1.68. The number of carbonyl (C=O) groups is 1. The Bertz CT molecular complexity index is 763. The molecule has 7 heteroatoms. The summed E-state index contributed by atoms with van der Waals surface area (Å²) in [4.78, 5) is 16.6. The average molecular weight is 370 g/mol. The van der Waals surface area contributed by atoms with Crippen molar-refractivity contribution in [3.8, 4) is 11.5 Å². The first-order valence-electron chi connectivity index (χ1n) is 8.74. The number of ether oxygens (including phenoxy) is 2. The van der Waals surface area contributed by atoms with Gasteiger partial charge in [0.15, 0.2) is 5.96 Å². The number of hydrogen-bond donors (Lipinski definition) is 3. The smallest absolute Gasteiger partial charge is 0.243 e. The largest absolute Gasteiger partial charge is 0.497 e. The maximum atomic E-state index is 12.1. The average Bonchev–Trinajstić information content (AvgIpc) is 2.70. The highest BCUT2D eigenvalue weighted by molar-refractivity contribution is 5.94. The Morgan fingerprint density at radius 3 is 2.48 bits per heavy atom. The standard InChI is InChI=1S/C20H26N4O3/c1-4-21-20(23-14-19(25)24-16-8-6-5-7-9-16)22-13-15-10-11-17(26-2)12-18(15)27-3/h5-12H,4,13-14H2,1-3H3,(H,24,25)(H2,21,22,23). The fourth-order valence-corrected chi connectivity index (χ4v) is 2.38. The minimum atomic E-state index is -0.145. The van der Waals surface area contributed by atoms with E-state index in [4.69, 9.17) is 9.47 Å². The number of methoxy groups -OCH3 is 2. The lowest BCUT2D eigenvalue weighted by molar-refractivity contribution is -0.115. The van der Waals surface area contributed by atoms with Gasteiger partial charge in [-0.05, 0) is 31.2 Å². The normalized spacial score (nSPS) is 10.9. The van der Waals surface area contributed by atoms with Gasteiger partial charge >= 0.3 is 0 Å². The minimum Gasteiger partial charge on any atom is -0.497 e. The van der Waals surface area contributed by atoms with Crippen LogP contribution < -0.4 is 25.4 Å². The molecule has 0 saturated heterocycles. The lowest BCUT2D eigenvalue weighted by Crippen LogP contribution is -2.41. The van der Waals surface area contributed by atoms with E-state index in [1.807, 2.05) is 55.5 Å². The third kappa shape index (κ3) is 6.54. The number of aliphatic imine (C=N–C) groups is 1. The molecule has 0 aromatic heterocycles. The SMILES string of the molecule is CCNC(=NCc1ccc(OC)cc1OC)NCC(=O)Nc1ccccc1. The molecule has 0 saturated carbocycles. The summed E-state index contributed by atoms with van der Waals surface area (Å²) in [5.74, 6) is 1.84. The Morgan fingerprint density at radius 1 is 1.04 bits per heavy atom. The van der Waals surface area contributed by atoms with Crippen molar-refractivity contribution in [3.63, 3.8) is 0 Å². The lowest BCUT2D eigenvalue weighted by atomic mass is 10.2. The van der Waals surface area contributed by atoms with Crippen molar-refractivity contribution >= 4 is 17.6 Å². The molecule has 0 heterocycles. The summed E-state index contributed by atoms with van der Waals surface area (Å²) in [6, 6.07) is 14.9. The summed E-state index contributed by atoms with van der Waals surface area (Å²) in [6.45, 7) is 3.17. The Kier molecular flexibility index (Phi) is 7.96. The van der Waals surface area contributed by atoms with E-state index in [0.29, 0.717) is 24.8 Å². The Balaban J connectivity index is 1.96. The topological polar surface area (TPSA) is 84.0 Å². The van der Waals surface area contributed by atoms with Crippen molar-refractivity contribution in [2.24, 2.45) is 4.99 Å². The highest BCUT2D eigenvalue weighted by atomic mass is 16.5. The molecule has 2 aromatic carbocycles. The number of amides is 1. The number of rotatable bonds is 8. The van der Waals surface area contributed by atoms with Crippen LogP contribution in [0.4, 0.5) is 5.69 Å². The molecular formula is C20H26N4O3. The first-order valence-corrected chi connectivity index (χ1v) is 8.74. The number of carbonyl (C=O) groups excluding carboxylic acids is 1. The summed E-state index contributed by atoms with van der Waals surface area (Å²) in [7, 11) is 3.22. The predicted octanol–water partition coefficient (Wildman–Crippen LogP) is 2.40. The van der Waals surface area contributed by atoms with Gasteiger partial charge in [0, 0.05) is 23.9 Å². The van der Waals surface area contributed by atoms with Gasteiger partial charge in [-0.15, -0.1) is 0 Å². The summed E-state index contributed by atoms with van der Waals surface area (Å²) >= 11 is 0. The van der Waals surface area contributed by atoms with Crippen LogP contribution in [0, 0.1) is 0 Å². The van der Waals surface area contributed by atoms with Gasteiger partial charge in [0.05, 0.1) is 27.3 Å². The second-order valence-electron chi connectivity index (χ2n) is 5.64. The fourth-order valence-electron chi connectivity index (χ4n) is 2.38. The van der Waals surface area contributed by atoms with Crippen LogP contribution in [0.2, 0.25) is 0 Å². The van der Waals surface area contributed by atoms with Crippen LogP contribution in [0.3, 0.4) is 0 Å². The summed E-state index contributed by atoms with van der Waals surface area (Å²) in [6.07, 6.45) is 0. The van der Waals surface area contributed by atoms with E-state index in [1.54, 1.807) is 14.2 Å². The third-order valence-electron chi connectivity index (χ3n) is 3.72. The molecule has 0 aliphatic rings. The van der Waals surface area contributed by atoms with Gasteiger partial charge in [0.2, 0.25) is 5.91 Å². The molecule has 1 amide bonds. The van der Waals surface area contributed by atoms with Crippen molar-refractivity contribution in [1.82, 2.24) is 10.6 Å². The highest BCUT2D eigenvalue weighted by Crippen LogP contribution is 2.25. The number of guanidine groups is 1. The second-order valence-corrected chi connectivity index (χ2v) is 5.64. The molecule has 0 aliphatic carbocycles. The minimum absolute atomic E-state index is 0.112. The monoisotopic (exact) mass is 370 g/mol. The van der Waals surface area contributed by atoms with Crippen molar-refractivity contribution in [3.05, 3.63) is 54.1 Å². The highest BCUT2D eigenvalue weighted by Gasteiger charge is 2.07. The van der Waals surface area contributed by atoms with Crippen LogP contribution in [0.15, 0.2) is 53.5 Å². The molecule has 3 N–H and O–H groups in total. The van der Waals surface area contributed by atoms with Gasteiger partial charge in [-0.2, -0.15) is 0 Å². The molecule has 27 heavy (non-hydrogen) atoms. The number of anilines is 1. The van der Waals surface area contributed by atoms with Gasteiger partial charge in [-0.3, -0.25) is 4.79 Å². The Labute approximate surface area is 159 Å². The second kappa shape index (κ2) is 10.7. The maximum absolute atomic E-state index is 12.1. The van der Waals surface area contributed by atoms with Crippen molar-refractivity contribution in [2.75, 3.05) is 32.6 Å². The summed E-state index contributed by atoms with van der Waals surface area (Å²) in [5, 5.41) is 8.98. The molecule has 0 radical (unpaired) electrons. The predicted molar refractivity (Wildman–Crippen MR) is 107 cm³/mol. The molecule has 0 atom stereocenters. The third-order valence-corrected chi connectivity index (χ3v) is 3.72. The first kappa shape index (κ1) is 20.1. The zero-order valence-corrected chi connectivity index (χ0v) is 15.9. The molecule has 0 bridgehead atoms. The molecule has 0 spiro atoms. The zero-order chi connectivity index (χ0) is 19.5. The quantitative estimate of drug-likeness (QED) is 0.491. The zero-order valence-electron chi connectivity index (χ0n) is 15.9. The van der Waals surface area contributed by atoms with Crippen molar-refractivity contribution in [1.29, 1.82) is 0 Å².